The first-order valence-electron chi connectivity index (χ1n) is 6.83. The van der Waals surface area contributed by atoms with Crippen LogP contribution in [0.15, 0.2) is 18.2 Å². The van der Waals surface area contributed by atoms with Gasteiger partial charge in [-0.05, 0) is 23.1 Å². The number of aliphatic carboxylic acids is 1. The third-order valence-electron chi connectivity index (χ3n) is 4.24. The van der Waals surface area contributed by atoms with Crippen LogP contribution in [0, 0.1) is 11.8 Å². The Morgan fingerprint density at radius 3 is 3.05 bits per heavy atom. The van der Waals surface area contributed by atoms with E-state index in [0.717, 1.165) is 38.4 Å². The van der Waals surface area contributed by atoms with Gasteiger partial charge in [0, 0.05) is 26.1 Å². The monoisotopic (exact) mass is 261 g/mol. The third kappa shape index (κ3) is 2.45. The van der Waals surface area contributed by atoms with E-state index in [2.05, 4.69) is 23.1 Å². The Bertz CT molecular complexity index is 494. The van der Waals surface area contributed by atoms with E-state index in [1.54, 1.807) is 6.92 Å². The first-order chi connectivity index (χ1) is 9.13. The lowest BCUT2D eigenvalue weighted by Crippen LogP contribution is -2.50. The predicted molar refractivity (Wildman–Crippen MR) is 71.2 cm³/mol. The highest BCUT2D eigenvalue weighted by Crippen LogP contribution is 2.29. The van der Waals surface area contributed by atoms with E-state index >= 15 is 0 Å². The number of hydrogen-bond donors (Lipinski definition) is 1. The summed E-state index contributed by atoms with van der Waals surface area (Å²) in [5.74, 6) is 0.406. The number of hydrogen-bond acceptors (Lipinski definition) is 3. The van der Waals surface area contributed by atoms with E-state index in [1.165, 1.54) is 11.1 Å². The molecule has 1 unspecified atom stereocenters. The zero-order valence-electron chi connectivity index (χ0n) is 11.1. The van der Waals surface area contributed by atoms with Crippen LogP contribution in [0.2, 0.25) is 0 Å². The maximum absolute atomic E-state index is 10.9. The molecule has 4 nitrogen and oxygen atoms in total. The molecule has 0 aliphatic carbocycles. The molecule has 2 aliphatic rings. The number of carbonyl (C=O) groups is 1. The van der Waals surface area contributed by atoms with Crippen LogP contribution in [0.4, 0.5) is 0 Å². The number of carboxylic acid groups (broad SMARTS) is 1. The number of fused-ring (bicyclic) bond motifs is 1. The van der Waals surface area contributed by atoms with Crippen LogP contribution in [0.25, 0.3) is 0 Å². The second-order valence-corrected chi connectivity index (χ2v) is 5.62. The van der Waals surface area contributed by atoms with Crippen LogP contribution < -0.4 is 4.74 Å². The van der Waals surface area contributed by atoms with Gasteiger partial charge in [0.05, 0.1) is 12.5 Å². The normalized spacial score (nSPS) is 20.5. The Morgan fingerprint density at radius 1 is 1.53 bits per heavy atom. The van der Waals surface area contributed by atoms with Gasteiger partial charge in [0.2, 0.25) is 0 Å². The fraction of sp³-hybridized carbons (Fsp3) is 0.533. The van der Waals surface area contributed by atoms with Crippen molar-refractivity contribution in [1.29, 1.82) is 0 Å². The van der Waals surface area contributed by atoms with Gasteiger partial charge in [0.1, 0.15) is 5.75 Å². The largest absolute Gasteiger partial charge is 0.493 e. The van der Waals surface area contributed by atoms with Gasteiger partial charge in [-0.15, -0.1) is 0 Å². The number of carboxylic acids is 1. The molecule has 102 valence electrons. The van der Waals surface area contributed by atoms with Crippen molar-refractivity contribution in [3.05, 3.63) is 29.3 Å². The Kier molecular flexibility index (Phi) is 3.19. The molecule has 0 radical (unpaired) electrons. The Labute approximate surface area is 113 Å². The van der Waals surface area contributed by atoms with Gasteiger partial charge >= 0.3 is 5.97 Å². The summed E-state index contributed by atoms with van der Waals surface area (Å²) < 4.78 is 5.49. The minimum absolute atomic E-state index is 0.232. The van der Waals surface area contributed by atoms with Gasteiger partial charge in [-0.1, -0.05) is 19.1 Å². The zero-order valence-corrected chi connectivity index (χ0v) is 11.1. The quantitative estimate of drug-likeness (QED) is 0.897. The van der Waals surface area contributed by atoms with Crippen LogP contribution in [0.3, 0.4) is 0 Å². The number of nitrogens with zero attached hydrogens (tertiary/aromatic N) is 1. The van der Waals surface area contributed by atoms with E-state index in [1.807, 2.05) is 0 Å². The van der Waals surface area contributed by atoms with E-state index < -0.39 is 5.97 Å². The number of benzene rings is 1. The molecule has 0 bridgehead atoms. The van der Waals surface area contributed by atoms with Crippen LogP contribution in [0.1, 0.15) is 18.1 Å². The standard InChI is InChI=1S/C15H19NO3/c1-10(15(17)18)13-8-16(9-13)7-11-2-3-14-12(6-11)4-5-19-14/h2-3,6,10,13H,4-5,7-9H2,1H3,(H,17,18). The smallest absolute Gasteiger partial charge is 0.306 e. The molecule has 1 fully saturated rings. The van der Waals surface area contributed by atoms with Gasteiger partial charge in [0.25, 0.3) is 0 Å². The van der Waals surface area contributed by atoms with E-state index in [4.69, 9.17) is 9.84 Å². The van der Waals surface area contributed by atoms with E-state index in [9.17, 15) is 4.79 Å². The highest BCUT2D eigenvalue weighted by Gasteiger charge is 2.34. The summed E-state index contributed by atoms with van der Waals surface area (Å²) in [7, 11) is 0. The second kappa shape index (κ2) is 4.85. The third-order valence-corrected chi connectivity index (χ3v) is 4.24. The van der Waals surface area contributed by atoms with Crippen molar-refractivity contribution in [1.82, 2.24) is 4.90 Å². The molecule has 0 aromatic heterocycles. The highest BCUT2D eigenvalue weighted by atomic mass is 16.5. The highest BCUT2D eigenvalue weighted by molar-refractivity contribution is 5.70. The minimum atomic E-state index is -0.681. The molecular formula is C15H19NO3. The number of ether oxygens (including phenoxy) is 1. The molecule has 1 saturated heterocycles. The van der Waals surface area contributed by atoms with Gasteiger partial charge in [-0.25, -0.2) is 0 Å². The van der Waals surface area contributed by atoms with E-state index in [-0.39, 0.29) is 5.92 Å². The van der Waals surface area contributed by atoms with Crippen LogP contribution in [0.5, 0.6) is 5.75 Å². The van der Waals surface area contributed by atoms with Crippen molar-refractivity contribution < 1.29 is 14.6 Å². The van der Waals surface area contributed by atoms with Gasteiger partial charge in [-0.2, -0.15) is 0 Å². The van der Waals surface area contributed by atoms with Gasteiger partial charge < -0.3 is 9.84 Å². The summed E-state index contributed by atoms with van der Waals surface area (Å²) in [6, 6.07) is 6.38. The molecule has 4 heteroatoms. The molecule has 1 atom stereocenters. The molecule has 1 aromatic carbocycles. The van der Waals surface area contributed by atoms with Crippen LogP contribution in [-0.2, 0) is 17.8 Å². The first-order valence-corrected chi connectivity index (χ1v) is 6.83. The fourth-order valence-corrected chi connectivity index (χ4v) is 2.85. The zero-order chi connectivity index (χ0) is 13.4. The summed E-state index contributed by atoms with van der Waals surface area (Å²) in [6.07, 6.45) is 1.00. The maximum atomic E-state index is 10.9. The van der Waals surface area contributed by atoms with Crippen molar-refractivity contribution in [2.45, 2.75) is 19.9 Å². The second-order valence-electron chi connectivity index (χ2n) is 5.62. The molecule has 0 amide bonds. The summed E-state index contributed by atoms with van der Waals surface area (Å²) in [4.78, 5) is 13.2. The SMILES string of the molecule is CC(C(=O)O)C1CN(Cc2ccc3c(c2)CCO3)C1. The average Bonchev–Trinajstić information content (AvgIpc) is 2.79. The van der Waals surface area contributed by atoms with Crippen LogP contribution in [-0.4, -0.2) is 35.7 Å². The molecule has 0 saturated carbocycles. The van der Waals surface area contributed by atoms with Gasteiger partial charge in [-0.3, -0.25) is 9.69 Å². The predicted octanol–water partition coefficient (Wildman–Crippen LogP) is 1.77. The molecule has 0 spiro atoms. The molecule has 3 rings (SSSR count). The minimum Gasteiger partial charge on any atom is -0.493 e. The summed E-state index contributed by atoms with van der Waals surface area (Å²) >= 11 is 0. The van der Waals surface area contributed by atoms with Crippen molar-refractivity contribution in [3.63, 3.8) is 0 Å². The molecular weight excluding hydrogens is 242 g/mol. The van der Waals surface area contributed by atoms with Crippen molar-refractivity contribution in [3.8, 4) is 5.75 Å². The summed E-state index contributed by atoms with van der Waals surface area (Å²) in [6.45, 7) is 5.29. The lowest BCUT2D eigenvalue weighted by molar-refractivity contribution is -0.145. The number of rotatable bonds is 4. The molecule has 1 N–H and O–H groups in total. The maximum Gasteiger partial charge on any atom is 0.306 e. The summed E-state index contributed by atoms with van der Waals surface area (Å²) in [5.41, 5.74) is 2.60. The Balaban J connectivity index is 1.55. The lowest BCUT2D eigenvalue weighted by Gasteiger charge is -2.41. The fourth-order valence-electron chi connectivity index (χ4n) is 2.85. The summed E-state index contributed by atoms with van der Waals surface area (Å²) in [5, 5.41) is 8.97. The van der Waals surface area contributed by atoms with Crippen molar-refractivity contribution in [2.24, 2.45) is 11.8 Å². The molecule has 1 aromatic rings. The average molecular weight is 261 g/mol. The lowest BCUT2D eigenvalue weighted by atomic mass is 9.87. The van der Waals surface area contributed by atoms with E-state index in [0.29, 0.717) is 5.92 Å². The molecule has 2 heterocycles. The van der Waals surface area contributed by atoms with Crippen LogP contribution >= 0.6 is 0 Å². The molecule has 19 heavy (non-hydrogen) atoms. The van der Waals surface area contributed by atoms with Crippen molar-refractivity contribution >= 4 is 5.97 Å². The topological polar surface area (TPSA) is 49.8 Å². The van der Waals surface area contributed by atoms with Gasteiger partial charge in [0.15, 0.2) is 0 Å². The number of likely N-dealkylation sites (tertiary alicyclic amines) is 1. The van der Waals surface area contributed by atoms with Crippen molar-refractivity contribution in [2.75, 3.05) is 19.7 Å². The molecule has 2 aliphatic heterocycles. The Hall–Kier alpha value is -1.55. The first kappa shape index (κ1) is 12.5. The Morgan fingerprint density at radius 2 is 2.32 bits per heavy atom.